The van der Waals surface area contributed by atoms with Gasteiger partial charge in [-0.15, -0.1) is 0 Å². The van der Waals surface area contributed by atoms with Crippen LogP contribution in [0.15, 0.2) is 58.3 Å². The molecule has 1 unspecified atom stereocenters. The van der Waals surface area contributed by atoms with Crippen molar-refractivity contribution in [1.82, 2.24) is 4.90 Å². The molecule has 1 fully saturated rings. The van der Waals surface area contributed by atoms with Crippen LogP contribution in [0.4, 0.5) is 16.2 Å². The predicted octanol–water partition coefficient (Wildman–Crippen LogP) is 4.44. The number of fused-ring (bicyclic) bond motifs is 2. The Morgan fingerprint density at radius 3 is 2.23 bits per heavy atom. The van der Waals surface area contributed by atoms with Crippen molar-refractivity contribution in [2.75, 3.05) is 18.6 Å². The van der Waals surface area contributed by atoms with E-state index in [0.717, 1.165) is 34.0 Å². The molecule has 0 saturated carbocycles. The first-order valence-electron chi connectivity index (χ1n) is 8.75. The first-order chi connectivity index (χ1) is 12.7. The van der Waals surface area contributed by atoms with Gasteiger partial charge in [0.15, 0.2) is 0 Å². The lowest BCUT2D eigenvalue weighted by molar-refractivity contribution is -0.146. The molecule has 6 heteroatoms. The fraction of sp³-hybridized carbons (Fsp3) is 0.300. The van der Waals surface area contributed by atoms with Gasteiger partial charge in [0.25, 0.3) is 0 Å². The van der Waals surface area contributed by atoms with E-state index in [-0.39, 0.29) is 12.0 Å². The molecule has 1 saturated heterocycles. The number of anilines is 2. The summed E-state index contributed by atoms with van der Waals surface area (Å²) in [6.07, 6.45) is 2.46. The van der Waals surface area contributed by atoms with Gasteiger partial charge in [-0.25, -0.2) is 9.59 Å². The molecule has 2 aromatic rings. The third-order valence-corrected chi connectivity index (χ3v) is 5.98. The van der Waals surface area contributed by atoms with E-state index < -0.39 is 6.04 Å². The minimum Gasteiger partial charge on any atom is -0.467 e. The number of carbonyl (C=O) groups excluding carboxylic acids is 2. The molecule has 4 rings (SSSR count). The van der Waals surface area contributed by atoms with E-state index in [1.807, 2.05) is 48.5 Å². The Hall–Kier alpha value is -2.47. The summed E-state index contributed by atoms with van der Waals surface area (Å²) in [5.41, 5.74) is 1.71. The van der Waals surface area contributed by atoms with Gasteiger partial charge in [-0.05, 0) is 43.5 Å². The number of hydrogen-bond acceptors (Lipinski definition) is 4. The Morgan fingerprint density at radius 2 is 1.62 bits per heavy atom. The summed E-state index contributed by atoms with van der Waals surface area (Å²) in [4.78, 5) is 31.2. The number of carbonyl (C=O) groups is 2. The highest BCUT2D eigenvalue weighted by molar-refractivity contribution is 7.99. The van der Waals surface area contributed by atoms with Gasteiger partial charge in [0.05, 0.1) is 18.5 Å². The van der Waals surface area contributed by atoms with E-state index in [9.17, 15) is 9.59 Å². The Balaban J connectivity index is 1.77. The third-order valence-electron chi connectivity index (χ3n) is 4.85. The number of amides is 2. The lowest BCUT2D eigenvalue weighted by Crippen LogP contribution is -2.52. The zero-order valence-corrected chi connectivity index (χ0v) is 15.4. The number of nitrogens with zero attached hydrogens (tertiary/aromatic N) is 2. The molecule has 1 atom stereocenters. The van der Waals surface area contributed by atoms with Crippen LogP contribution in [0.1, 0.15) is 19.3 Å². The van der Waals surface area contributed by atoms with Gasteiger partial charge >= 0.3 is 12.0 Å². The first kappa shape index (κ1) is 17.0. The van der Waals surface area contributed by atoms with Crippen molar-refractivity contribution >= 4 is 35.1 Å². The van der Waals surface area contributed by atoms with Crippen LogP contribution in [0, 0.1) is 0 Å². The Labute approximate surface area is 156 Å². The van der Waals surface area contributed by atoms with Gasteiger partial charge in [-0.3, -0.25) is 4.90 Å². The van der Waals surface area contributed by atoms with Crippen molar-refractivity contribution in [3.05, 3.63) is 48.5 Å². The van der Waals surface area contributed by atoms with Crippen LogP contribution in [0.2, 0.25) is 0 Å². The summed E-state index contributed by atoms with van der Waals surface area (Å²) in [5, 5.41) is 0. The topological polar surface area (TPSA) is 49.9 Å². The molecule has 2 heterocycles. The van der Waals surface area contributed by atoms with Crippen LogP contribution in [-0.4, -0.2) is 36.6 Å². The van der Waals surface area contributed by atoms with Crippen LogP contribution >= 0.6 is 11.8 Å². The summed E-state index contributed by atoms with van der Waals surface area (Å²) >= 11 is 1.66. The van der Waals surface area contributed by atoms with Gasteiger partial charge in [-0.2, -0.15) is 0 Å². The van der Waals surface area contributed by atoms with Crippen LogP contribution in [0.5, 0.6) is 0 Å². The number of piperidine rings is 1. The minimum atomic E-state index is -0.518. The summed E-state index contributed by atoms with van der Waals surface area (Å²) in [7, 11) is 1.38. The average molecular weight is 368 g/mol. The van der Waals surface area contributed by atoms with Crippen molar-refractivity contribution in [3.8, 4) is 0 Å². The van der Waals surface area contributed by atoms with Crippen molar-refractivity contribution in [2.24, 2.45) is 0 Å². The lowest BCUT2D eigenvalue weighted by Gasteiger charge is -2.39. The highest BCUT2D eigenvalue weighted by Gasteiger charge is 2.38. The summed E-state index contributed by atoms with van der Waals surface area (Å²) in [6, 6.07) is 15.1. The van der Waals surface area contributed by atoms with Crippen molar-refractivity contribution in [1.29, 1.82) is 0 Å². The smallest absolute Gasteiger partial charge is 0.329 e. The second-order valence-electron chi connectivity index (χ2n) is 6.38. The monoisotopic (exact) mass is 368 g/mol. The first-order valence-corrected chi connectivity index (χ1v) is 9.57. The highest BCUT2D eigenvalue weighted by atomic mass is 32.2. The lowest BCUT2D eigenvalue weighted by atomic mass is 10.0. The molecule has 2 aliphatic heterocycles. The van der Waals surface area contributed by atoms with Crippen molar-refractivity contribution in [2.45, 2.75) is 35.1 Å². The molecule has 0 aliphatic carbocycles. The van der Waals surface area contributed by atoms with Crippen molar-refractivity contribution in [3.63, 3.8) is 0 Å². The van der Waals surface area contributed by atoms with E-state index in [2.05, 4.69) is 0 Å². The summed E-state index contributed by atoms with van der Waals surface area (Å²) < 4.78 is 4.94. The molecule has 0 spiro atoms. The number of ether oxygens (including phenoxy) is 1. The summed E-state index contributed by atoms with van der Waals surface area (Å²) in [6.45, 7) is 0.562. The Bertz CT molecular complexity index is 809. The minimum absolute atomic E-state index is 0.166. The quantitative estimate of drug-likeness (QED) is 0.699. The second kappa shape index (κ2) is 7.03. The number of likely N-dealkylation sites (tertiary alicyclic amines) is 1. The summed E-state index contributed by atoms with van der Waals surface area (Å²) in [5.74, 6) is -0.342. The highest BCUT2D eigenvalue weighted by Crippen LogP contribution is 2.48. The van der Waals surface area contributed by atoms with Gasteiger partial charge in [0.2, 0.25) is 0 Å². The molecule has 2 aromatic carbocycles. The molecule has 0 N–H and O–H groups in total. The predicted molar refractivity (Wildman–Crippen MR) is 101 cm³/mol. The molecule has 0 radical (unpaired) electrons. The number of esters is 1. The van der Waals surface area contributed by atoms with Crippen molar-refractivity contribution < 1.29 is 14.3 Å². The van der Waals surface area contributed by atoms with E-state index in [4.69, 9.17) is 4.74 Å². The largest absolute Gasteiger partial charge is 0.467 e. The Kier molecular flexibility index (Phi) is 4.59. The number of benzene rings is 2. The number of methoxy groups -OCH3 is 1. The molecule has 134 valence electrons. The second-order valence-corrected chi connectivity index (χ2v) is 7.47. The zero-order chi connectivity index (χ0) is 18.1. The number of para-hydroxylation sites is 2. The molecular formula is C20H20N2O3S. The number of urea groups is 1. The van der Waals surface area contributed by atoms with Gasteiger partial charge < -0.3 is 9.64 Å². The van der Waals surface area contributed by atoms with Gasteiger partial charge in [-0.1, -0.05) is 36.0 Å². The number of hydrogen-bond donors (Lipinski definition) is 0. The van der Waals surface area contributed by atoms with Crippen LogP contribution in [0.25, 0.3) is 0 Å². The molecule has 0 aromatic heterocycles. The van der Waals surface area contributed by atoms with Crippen LogP contribution in [0.3, 0.4) is 0 Å². The molecular weight excluding hydrogens is 348 g/mol. The van der Waals surface area contributed by atoms with Crippen LogP contribution < -0.4 is 4.90 Å². The van der Waals surface area contributed by atoms with E-state index >= 15 is 0 Å². The SMILES string of the molecule is COC(=O)C1CCCCN1C(=O)N1c2ccccc2Sc2ccccc21. The average Bonchev–Trinajstić information content (AvgIpc) is 2.70. The third kappa shape index (κ3) is 2.84. The standard InChI is InChI=1S/C20H20N2O3S/c1-25-19(23)16-10-6-7-13-21(16)20(24)22-14-8-2-4-11-17(14)26-18-12-5-3-9-15(18)22/h2-5,8-9,11-12,16H,6-7,10,13H2,1H3. The maximum Gasteiger partial charge on any atom is 0.329 e. The molecule has 2 amide bonds. The van der Waals surface area contributed by atoms with E-state index in [0.29, 0.717) is 13.0 Å². The molecule has 5 nitrogen and oxygen atoms in total. The molecule has 2 aliphatic rings. The molecule has 0 bridgehead atoms. The van der Waals surface area contributed by atoms with Gasteiger partial charge in [0.1, 0.15) is 6.04 Å². The fourth-order valence-corrected chi connectivity index (χ4v) is 4.64. The molecule has 26 heavy (non-hydrogen) atoms. The zero-order valence-electron chi connectivity index (χ0n) is 14.6. The van der Waals surface area contributed by atoms with Crippen LogP contribution in [-0.2, 0) is 9.53 Å². The van der Waals surface area contributed by atoms with E-state index in [1.165, 1.54) is 7.11 Å². The maximum absolute atomic E-state index is 13.5. The fourth-order valence-electron chi connectivity index (χ4n) is 3.58. The Morgan fingerprint density at radius 1 is 1.00 bits per heavy atom. The van der Waals surface area contributed by atoms with E-state index in [1.54, 1.807) is 21.6 Å². The maximum atomic E-state index is 13.5. The number of rotatable bonds is 1. The van der Waals surface area contributed by atoms with Gasteiger partial charge in [0, 0.05) is 16.3 Å². The normalized spacial score (nSPS) is 18.7.